The zero-order chi connectivity index (χ0) is 14.8. The SMILES string of the molecule is CCCCOCCNCCn1cc(-c2ccccc2)cn1. The molecule has 2 aromatic rings. The molecule has 114 valence electrons. The summed E-state index contributed by atoms with van der Waals surface area (Å²) >= 11 is 0. The first-order valence-electron chi connectivity index (χ1n) is 7.76. The van der Waals surface area contributed by atoms with Crippen LogP contribution in [-0.2, 0) is 11.3 Å². The van der Waals surface area contributed by atoms with Crippen LogP contribution in [-0.4, -0.2) is 36.1 Å². The number of benzene rings is 1. The molecule has 0 radical (unpaired) electrons. The van der Waals surface area contributed by atoms with E-state index in [0.717, 1.165) is 39.3 Å². The number of nitrogens with one attached hydrogen (secondary N) is 1. The zero-order valence-electron chi connectivity index (χ0n) is 12.8. The fourth-order valence-corrected chi connectivity index (χ4v) is 2.08. The van der Waals surface area contributed by atoms with E-state index < -0.39 is 0 Å². The van der Waals surface area contributed by atoms with E-state index in [4.69, 9.17) is 4.74 Å². The van der Waals surface area contributed by atoms with Gasteiger partial charge in [0.2, 0.25) is 0 Å². The molecule has 0 spiro atoms. The fraction of sp³-hybridized carbons (Fsp3) is 0.471. The molecule has 4 heteroatoms. The number of unbranched alkanes of at least 4 members (excludes halogenated alkanes) is 1. The maximum absolute atomic E-state index is 5.50. The topological polar surface area (TPSA) is 39.1 Å². The van der Waals surface area contributed by atoms with Gasteiger partial charge >= 0.3 is 0 Å². The van der Waals surface area contributed by atoms with E-state index in [9.17, 15) is 0 Å². The minimum absolute atomic E-state index is 0.786. The predicted octanol–water partition coefficient (Wildman–Crippen LogP) is 2.96. The molecule has 0 saturated carbocycles. The minimum Gasteiger partial charge on any atom is -0.380 e. The third-order valence-electron chi connectivity index (χ3n) is 3.32. The molecule has 1 aromatic carbocycles. The van der Waals surface area contributed by atoms with Gasteiger partial charge in [0.05, 0.1) is 19.3 Å². The van der Waals surface area contributed by atoms with Gasteiger partial charge in [-0.3, -0.25) is 4.68 Å². The smallest absolute Gasteiger partial charge is 0.0590 e. The highest BCUT2D eigenvalue weighted by molar-refractivity contribution is 5.61. The van der Waals surface area contributed by atoms with Gasteiger partial charge in [-0.25, -0.2) is 0 Å². The lowest BCUT2D eigenvalue weighted by atomic mass is 10.1. The van der Waals surface area contributed by atoms with Gasteiger partial charge in [-0.15, -0.1) is 0 Å². The molecular formula is C17H25N3O. The number of hydrogen-bond acceptors (Lipinski definition) is 3. The number of ether oxygens (including phenoxy) is 1. The van der Waals surface area contributed by atoms with E-state index >= 15 is 0 Å². The molecule has 0 aliphatic heterocycles. The lowest BCUT2D eigenvalue weighted by molar-refractivity contribution is 0.133. The third-order valence-corrected chi connectivity index (χ3v) is 3.32. The Kier molecular flexibility index (Phi) is 6.98. The summed E-state index contributed by atoms with van der Waals surface area (Å²) < 4.78 is 7.48. The van der Waals surface area contributed by atoms with Crippen molar-refractivity contribution in [3.63, 3.8) is 0 Å². The van der Waals surface area contributed by atoms with E-state index in [2.05, 4.69) is 35.7 Å². The van der Waals surface area contributed by atoms with E-state index in [1.165, 1.54) is 17.5 Å². The van der Waals surface area contributed by atoms with Crippen LogP contribution < -0.4 is 5.32 Å². The molecular weight excluding hydrogens is 262 g/mol. The van der Waals surface area contributed by atoms with Crippen molar-refractivity contribution < 1.29 is 4.74 Å². The Morgan fingerprint density at radius 3 is 2.76 bits per heavy atom. The van der Waals surface area contributed by atoms with Crippen molar-refractivity contribution in [2.45, 2.75) is 26.3 Å². The van der Waals surface area contributed by atoms with Crippen LogP contribution in [0.2, 0.25) is 0 Å². The Balaban J connectivity index is 1.63. The summed E-state index contributed by atoms with van der Waals surface area (Å²) in [4.78, 5) is 0. The molecule has 0 unspecified atom stereocenters. The molecule has 1 heterocycles. The Morgan fingerprint density at radius 1 is 1.10 bits per heavy atom. The van der Waals surface area contributed by atoms with Gasteiger partial charge in [-0.2, -0.15) is 5.10 Å². The summed E-state index contributed by atoms with van der Waals surface area (Å²) in [7, 11) is 0. The van der Waals surface area contributed by atoms with Crippen molar-refractivity contribution in [2.75, 3.05) is 26.3 Å². The second-order valence-corrected chi connectivity index (χ2v) is 5.07. The maximum atomic E-state index is 5.50. The Hall–Kier alpha value is -1.65. The van der Waals surface area contributed by atoms with E-state index in [1.807, 2.05) is 29.1 Å². The lowest BCUT2D eigenvalue weighted by Crippen LogP contribution is -2.24. The molecule has 0 atom stereocenters. The third kappa shape index (κ3) is 5.69. The summed E-state index contributed by atoms with van der Waals surface area (Å²) in [5.74, 6) is 0. The van der Waals surface area contributed by atoms with Gasteiger partial charge in [0.1, 0.15) is 0 Å². The van der Waals surface area contributed by atoms with E-state index in [1.54, 1.807) is 0 Å². The highest BCUT2D eigenvalue weighted by Crippen LogP contribution is 2.17. The molecule has 0 fully saturated rings. The molecule has 0 aliphatic carbocycles. The van der Waals surface area contributed by atoms with Gasteiger partial charge in [-0.1, -0.05) is 43.7 Å². The highest BCUT2D eigenvalue weighted by Gasteiger charge is 2.00. The van der Waals surface area contributed by atoms with Crippen LogP contribution in [0.3, 0.4) is 0 Å². The molecule has 0 aliphatic rings. The van der Waals surface area contributed by atoms with Crippen molar-refractivity contribution in [1.29, 1.82) is 0 Å². The zero-order valence-corrected chi connectivity index (χ0v) is 12.8. The van der Waals surface area contributed by atoms with Gasteiger partial charge in [-0.05, 0) is 12.0 Å². The summed E-state index contributed by atoms with van der Waals surface area (Å²) in [6, 6.07) is 10.3. The minimum atomic E-state index is 0.786. The largest absolute Gasteiger partial charge is 0.380 e. The Labute approximate surface area is 127 Å². The van der Waals surface area contributed by atoms with Crippen LogP contribution in [0.4, 0.5) is 0 Å². The molecule has 4 nitrogen and oxygen atoms in total. The number of aromatic nitrogens is 2. The predicted molar refractivity (Wildman–Crippen MR) is 86.3 cm³/mol. The molecule has 2 rings (SSSR count). The fourth-order valence-electron chi connectivity index (χ4n) is 2.08. The molecule has 0 amide bonds. The normalized spacial score (nSPS) is 10.9. The Morgan fingerprint density at radius 2 is 1.95 bits per heavy atom. The average molecular weight is 287 g/mol. The van der Waals surface area contributed by atoms with Crippen LogP contribution in [0.15, 0.2) is 42.7 Å². The Bertz CT molecular complexity index is 496. The van der Waals surface area contributed by atoms with Crippen LogP contribution in [0.5, 0.6) is 0 Å². The van der Waals surface area contributed by atoms with Crippen LogP contribution >= 0.6 is 0 Å². The van der Waals surface area contributed by atoms with Crippen molar-refractivity contribution in [1.82, 2.24) is 15.1 Å². The second-order valence-electron chi connectivity index (χ2n) is 5.07. The highest BCUT2D eigenvalue weighted by atomic mass is 16.5. The summed E-state index contributed by atoms with van der Waals surface area (Å²) in [6.07, 6.45) is 6.35. The summed E-state index contributed by atoms with van der Waals surface area (Å²) in [5.41, 5.74) is 2.37. The number of hydrogen-bond donors (Lipinski definition) is 1. The average Bonchev–Trinajstić information content (AvgIpc) is 3.00. The monoisotopic (exact) mass is 287 g/mol. The van der Waals surface area contributed by atoms with Crippen molar-refractivity contribution in [3.8, 4) is 11.1 Å². The number of nitrogens with zero attached hydrogens (tertiary/aromatic N) is 2. The van der Waals surface area contributed by atoms with Crippen LogP contribution in [0.25, 0.3) is 11.1 Å². The van der Waals surface area contributed by atoms with Crippen molar-refractivity contribution in [2.24, 2.45) is 0 Å². The first-order chi connectivity index (χ1) is 10.4. The van der Waals surface area contributed by atoms with E-state index in [-0.39, 0.29) is 0 Å². The second kappa shape index (κ2) is 9.32. The standard InChI is InChI=1S/C17H25N3O/c1-2-3-12-21-13-10-18-9-11-20-15-17(14-19-20)16-7-5-4-6-8-16/h4-8,14-15,18H,2-3,9-13H2,1H3. The number of rotatable bonds is 10. The molecule has 0 saturated heterocycles. The molecule has 1 N–H and O–H groups in total. The molecule has 1 aromatic heterocycles. The first-order valence-corrected chi connectivity index (χ1v) is 7.76. The molecule has 21 heavy (non-hydrogen) atoms. The summed E-state index contributed by atoms with van der Waals surface area (Å²) in [6.45, 7) is 6.52. The van der Waals surface area contributed by atoms with Gasteiger partial charge in [0, 0.05) is 31.5 Å². The van der Waals surface area contributed by atoms with Gasteiger partial charge in [0.25, 0.3) is 0 Å². The van der Waals surface area contributed by atoms with Gasteiger partial charge < -0.3 is 10.1 Å². The van der Waals surface area contributed by atoms with Crippen LogP contribution in [0, 0.1) is 0 Å². The summed E-state index contributed by atoms with van der Waals surface area (Å²) in [5, 5.41) is 7.77. The van der Waals surface area contributed by atoms with Gasteiger partial charge in [0.15, 0.2) is 0 Å². The maximum Gasteiger partial charge on any atom is 0.0590 e. The molecule has 0 bridgehead atoms. The lowest BCUT2D eigenvalue weighted by Gasteiger charge is -2.06. The van der Waals surface area contributed by atoms with Crippen LogP contribution in [0.1, 0.15) is 19.8 Å². The van der Waals surface area contributed by atoms with Crippen molar-refractivity contribution in [3.05, 3.63) is 42.7 Å². The van der Waals surface area contributed by atoms with Crippen molar-refractivity contribution >= 4 is 0 Å². The van der Waals surface area contributed by atoms with E-state index in [0.29, 0.717) is 0 Å². The quantitative estimate of drug-likeness (QED) is 0.683. The first kappa shape index (κ1) is 15.7.